The first-order valence-corrected chi connectivity index (χ1v) is 13.2. The molecule has 0 fully saturated rings. The molecule has 0 saturated heterocycles. The first-order chi connectivity index (χ1) is 20.8. The van der Waals surface area contributed by atoms with Gasteiger partial charge >= 0.3 is 11.9 Å². The smallest absolute Gasteiger partial charge is 0.336 e. The highest BCUT2D eigenvalue weighted by molar-refractivity contribution is 6.13. The van der Waals surface area contributed by atoms with Crippen LogP contribution in [0.4, 0.5) is 0 Å². The van der Waals surface area contributed by atoms with Gasteiger partial charge in [-0.15, -0.1) is 0 Å². The lowest BCUT2D eigenvalue weighted by Crippen LogP contribution is -2.09. The molecule has 0 aliphatic rings. The van der Waals surface area contributed by atoms with Crippen LogP contribution in [0.15, 0.2) is 109 Å². The van der Waals surface area contributed by atoms with Crippen LogP contribution < -0.4 is 18.9 Å². The lowest BCUT2D eigenvalue weighted by molar-refractivity contribution is -0.129. The van der Waals surface area contributed by atoms with Gasteiger partial charge in [-0.25, -0.2) is 9.59 Å². The summed E-state index contributed by atoms with van der Waals surface area (Å²) in [5.74, 6) is 0.0139. The van der Waals surface area contributed by atoms with Crippen LogP contribution in [0, 0.1) is 0 Å². The van der Waals surface area contributed by atoms with Crippen LogP contribution in [0.3, 0.4) is 0 Å². The highest BCUT2D eigenvalue weighted by Crippen LogP contribution is 2.18. The van der Waals surface area contributed by atoms with Gasteiger partial charge in [0.2, 0.25) is 0 Å². The van der Waals surface area contributed by atoms with Crippen molar-refractivity contribution in [1.82, 2.24) is 0 Å². The maximum atomic E-state index is 12.7. The van der Waals surface area contributed by atoms with Crippen LogP contribution >= 0.6 is 0 Å². The molecule has 0 heterocycles. The van der Waals surface area contributed by atoms with Crippen LogP contribution in [0.5, 0.6) is 23.0 Å². The van der Waals surface area contributed by atoms with E-state index in [9.17, 15) is 19.2 Å². The van der Waals surface area contributed by atoms with E-state index >= 15 is 0 Å². The molecule has 8 heteroatoms. The van der Waals surface area contributed by atoms with Crippen molar-refractivity contribution in [3.8, 4) is 23.0 Å². The Bertz CT molecular complexity index is 1510. The number of hydrogen-bond donors (Lipinski definition) is 0. The van der Waals surface area contributed by atoms with E-state index in [2.05, 4.69) is 0 Å². The summed E-state index contributed by atoms with van der Waals surface area (Å²) in [5.41, 5.74) is 2.21. The summed E-state index contributed by atoms with van der Waals surface area (Å²) in [4.78, 5) is 49.6. The van der Waals surface area contributed by atoms with Crippen molar-refractivity contribution in [3.05, 3.63) is 131 Å². The zero-order valence-corrected chi connectivity index (χ0v) is 23.5. The molecule has 43 heavy (non-hydrogen) atoms. The van der Waals surface area contributed by atoms with Gasteiger partial charge in [0.1, 0.15) is 23.0 Å². The van der Waals surface area contributed by atoms with E-state index in [4.69, 9.17) is 18.9 Å². The summed E-state index contributed by atoms with van der Waals surface area (Å²) in [6, 6.07) is 26.3. The lowest BCUT2D eigenvalue weighted by atomic mass is 10.0. The standard InChI is InChI=1S/C35H28O8/c1-40-28-13-3-24(4-14-28)7-21-34(38)42-30-17-9-26(10-18-30)32(36)23-33(37)27-11-19-31(20-12-27)43-35(39)22-8-25-5-15-29(41-2)16-6-25/h3-22H,23H2,1-2H3/b21-7+,22-8+. The van der Waals surface area contributed by atoms with Crippen molar-refractivity contribution in [2.45, 2.75) is 6.42 Å². The van der Waals surface area contributed by atoms with Gasteiger partial charge in [0.05, 0.1) is 20.6 Å². The third-order valence-corrected chi connectivity index (χ3v) is 6.17. The van der Waals surface area contributed by atoms with Gasteiger partial charge in [0, 0.05) is 23.3 Å². The fraction of sp³-hybridized carbons (Fsp3) is 0.0857. The van der Waals surface area contributed by atoms with E-state index in [1.165, 1.54) is 60.7 Å². The molecule has 0 atom stereocenters. The summed E-state index contributed by atoms with van der Waals surface area (Å²) in [5, 5.41) is 0. The van der Waals surface area contributed by atoms with Crippen LogP contribution in [-0.2, 0) is 9.59 Å². The first-order valence-electron chi connectivity index (χ1n) is 13.2. The van der Waals surface area contributed by atoms with E-state index < -0.39 is 11.9 Å². The number of carbonyl (C=O) groups is 4. The van der Waals surface area contributed by atoms with Crippen molar-refractivity contribution in [2.24, 2.45) is 0 Å². The lowest BCUT2D eigenvalue weighted by Gasteiger charge is -2.05. The Kier molecular flexibility index (Phi) is 10.4. The Hall–Kier alpha value is -5.76. The molecule has 0 amide bonds. The second-order valence-electron chi connectivity index (χ2n) is 9.13. The van der Waals surface area contributed by atoms with Gasteiger partial charge in [0.25, 0.3) is 0 Å². The number of methoxy groups -OCH3 is 2. The Labute approximate surface area is 248 Å². The van der Waals surface area contributed by atoms with E-state index in [-0.39, 0.29) is 29.5 Å². The molecular weight excluding hydrogens is 548 g/mol. The quantitative estimate of drug-likeness (QED) is 0.0628. The Morgan fingerprint density at radius 1 is 0.488 bits per heavy atom. The molecule has 0 unspecified atom stereocenters. The third-order valence-electron chi connectivity index (χ3n) is 6.17. The van der Waals surface area contributed by atoms with Crippen molar-refractivity contribution in [3.63, 3.8) is 0 Å². The van der Waals surface area contributed by atoms with Crippen molar-refractivity contribution < 1.29 is 38.1 Å². The van der Waals surface area contributed by atoms with Crippen LogP contribution in [0.1, 0.15) is 38.3 Å². The minimum atomic E-state index is -0.576. The maximum absolute atomic E-state index is 12.7. The minimum Gasteiger partial charge on any atom is -0.497 e. The van der Waals surface area contributed by atoms with Crippen molar-refractivity contribution in [2.75, 3.05) is 14.2 Å². The molecule has 4 aromatic rings. The van der Waals surface area contributed by atoms with Gasteiger partial charge < -0.3 is 18.9 Å². The predicted molar refractivity (Wildman–Crippen MR) is 161 cm³/mol. The molecule has 0 aliphatic heterocycles. The summed E-state index contributed by atoms with van der Waals surface area (Å²) in [7, 11) is 3.15. The fourth-order valence-corrected chi connectivity index (χ4v) is 3.83. The number of ketones is 2. The number of benzene rings is 4. The van der Waals surface area contributed by atoms with E-state index in [0.717, 1.165) is 11.1 Å². The number of Topliss-reactive ketones (excluding diaryl/α,β-unsaturated/α-hetero) is 2. The molecule has 216 valence electrons. The van der Waals surface area contributed by atoms with Crippen LogP contribution in [-0.4, -0.2) is 37.7 Å². The largest absolute Gasteiger partial charge is 0.497 e. The first kappa shape index (κ1) is 30.2. The summed E-state index contributed by atoms with van der Waals surface area (Å²) in [6.07, 6.45) is 5.47. The Balaban J connectivity index is 1.25. The number of carbonyl (C=O) groups excluding carboxylic acids is 4. The highest BCUT2D eigenvalue weighted by Gasteiger charge is 2.15. The SMILES string of the molecule is COc1ccc(/C=C/C(=O)Oc2ccc(C(=O)CC(=O)c3ccc(OC(=O)/C=C/c4ccc(OC)cc4)cc3)cc2)cc1. The van der Waals surface area contributed by atoms with Gasteiger partial charge in [-0.1, -0.05) is 24.3 Å². The average Bonchev–Trinajstić information content (AvgIpc) is 3.04. The average molecular weight is 577 g/mol. The molecule has 8 nitrogen and oxygen atoms in total. The minimum absolute atomic E-state index is 0.260. The third kappa shape index (κ3) is 9.12. The topological polar surface area (TPSA) is 105 Å². The van der Waals surface area contributed by atoms with Gasteiger partial charge in [-0.2, -0.15) is 0 Å². The molecule has 0 saturated carbocycles. The van der Waals surface area contributed by atoms with Gasteiger partial charge in [-0.05, 0) is 96.1 Å². The summed E-state index contributed by atoms with van der Waals surface area (Å²) in [6.45, 7) is 0. The molecule has 0 aromatic heterocycles. The zero-order valence-electron chi connectivity index (χ0n) is 23.5. The number of hydrogen-bond acceptors (Lipinski definition) is 8. The van der Waals surface area contributed by atoms with Crippen molar-refractivity contribution >= 4 is 35.7 Å². The molecule has 0 aliphatic carbocycles. The number of esters is 2. The van der Waals surface area contributed by atoms with Crippen molar-refractivity contribution in [1.29, 1.82) is 0 Å². The van der Waals surface area contributed by atoms with Gasteiger partial charge in [-0.3, -0.25) is 9.59 Å². The molecule has 0 spiro atoms. The Morgan fingerprint density at radius 3 is 1.14 bits per heavy atom. The predicted octanol–water partition coefficient (Wildman–Crippen LogP) is 6.40. The van der Waals surface area contributed by atoms with Gasteiger partial charge in [0.15, 0.2) is 11.6 Å². The number of rotatable bonds is 12. The molecule has 0 bridgehead atoms. The molecule has 4 aromatic carbocycles. The summed E-state index contributed by atoms with van der Waals surface area (Å²) < 4.78 is 20.8. The second kappa shape index (κ2) is 14.7. The Morgan fingerprint density at radius 2 is 0.814 bits per heavy atom. The van der Waals surface area contributed by atoms with Crippen LogP contribution in [0.25, 0.3) is 12.2 Å². The van der Waals surface area contributed by atoms with E-state index in [1.54, 1.807) is 74.9 Å². The molecular formula is C35H28O8. The van der Waals surface area contributed by atoms with E-state index in [1.807, 2.05) is 0 Å². The van der Waals surface area contributed by atoms with Crippen LogP contribution in [0.2, 0.25) is 0 Å². The maximum Gasteiger partial charge on any atom is 0.336 e. The molecule has 0 radical (unpaired) electrons. The van der Waals surface area contributed by atoms with E-state index in [0.29, 0.717) is 22.6 Å². The normalized spacial score (nSPS) is 10.8. The highest BCUT2D eigenvalue weighted by atomic mass is 16.5. The second-order valence-corrected chi connectivity index (χ2v) is 9.13. The molecule has 4 rings (SSSR count). The summed E-state index contributed by atoms with van der Waals surface area (Å²) >= 11 is 0. The number of ether oxygens (including phenoxy) is 4. The zero-order chi connectivity index (χ0) is 30.6. The molecule has 0 N–H and O–H groups in total. The monoisotopic (exact) mass is 576 g/mol. The fourth-order valence-electron chi connectivity index (χ4n) is 3.83.